The van der Waals surface area contributed by atoms with Gasteiger partial charge in [0.25, 0.3) is 0 Å². The summed E-state index contributed by atoms with van der Waals surface area (Å²) in [5.41, 5.74) is 1.20. The summed E-state index contributed by atoms with van der Waals surface area (Å²) in [6.45, 7) is 3.71. The van der Waals surface area contributed by atoms with Crippen LogP contribution in [0.4, 0.5) is 10.1 Å². The van der Waals surface area contributed by atoms with Crippen molar-refractivity contribution >= 4 is 5.69 Å². The van der Waals surface area contributed by atoms with E-state index < -0.39 is 6.10 Å². The lowest BCUT2D eigenvalue weighted by Crippen LogP contribution is -2.45. The highest BCUT2D eigenvalue weighted by molar-refractivity contribution is 5.55. The van der Waals surface area contributed by atoms with Gasteiger partial charge in [-0.2, -0.15) is 0 Å². The number of nitrogens with zero attached hydrogens (tertiary/aromatic N) is 2. The van der Waals surface area contributed by atoms with E-state index in [-0.39, 0.29) is 5.82 Å². The molecule has 0 saturated carbocycles. The van der Waals surface area contributed by atoms with Gasteiger partial charge >= 0.3 is 0 Å². The molecule has 1 heterocycles. The number of benzene rings is 1. The van der Waals surface area contributed by atoms with Crippen LogP contribution in [-0.2, 0) is 0 Å². The van der Waals surface area contributed by atoms with Gasteiger partial charge in [-0.05, 0) is 45.5 Å². The van der Waals surface area contributed by atoms with Crippen LogP contribution in [0, 0.1) is 5.82 Å². The highest BCUT2D eigenvalue weighted by atomic mass is 19.1. The molecule has 0 bridgehead atoms. The number of aliphatic hydroxyl groups is 1. The van der Waals surface area contributed by atoms with Gasteiger partial charge in [0.05, 0.1) is 6.10 Å². The van der Waals surface area contributed by atoms with Crippen molar-refractivity contribution in [2.24, 2.45) is 0 Å². The van der Waals surface area contributed by atoms with Crippen LogP contribution in [-0.4, -0.2) is 43.2 Å². The largest absolute Gasteiger partial charge is 0.389 e. The second-order valence-corrected chi connectivity index (χ2v) is 5.52. The van der Waals surface area contributed by atoms with E-state index in [0.29, 0.717) is 11.6 Å². The Morgan fingerprint density at radius 3 is 2.84 bits per heavy atom. The maximum absolute atomic E-state index is 13.9. The molecule has 1 unspecified atom stereocenters. The molecule has 1 aromatic rings. The second-order valence-electron chi connectivity index (χ2n) is 5.52. The Balaban J connectivity index is 2.28. The minimum absolute atomic E-state index is 0.330. The van der Waals surface area contributed by atoms with Crippen LogP contribution >= 0.6 is 0 Å². The quantitative estimate of drug-likeness (QED) is 0.910. The normalized spacial score (nSPS) is 22.3. The fraction of sp³-hybridized carbons (Fsp3) is 0.600. The van der Waals surface area contributed by atoms with E-state index in [1.165, 1.54) is 6.07 Å². The van der Waals surface area contributed by atoms with Gasteiger partial charge in [0.2, 0.25) is 0 Å². The molecule has 1 aliphatic heterocycles. The van der Waals surface area contributed by atoms with Crippen molar-refractivity contribution in [2.75, 3.05) is 32.1 Å². The highest BCUT2D eigenvalue weighted by Gasteiger charge is 2.24. The smallest absolute Gasteiger partial charge is 0.131 e. The number of hydrogen-bond donors (Lipinski definition) is 1. The van der Waals surface area contributed by atoms with Gasteiger partial charge in [0, 0.05) is 30.9 Å². The minimum atomic E-state index is -0.792. The maximum Gasteiger partial charge on any atom is 0.131 e. The maximum atomic E-state index is 13.9. The number of likely N-dealkylation sites (tertiary alicyclic amines) is 1. The van der Waals surface area contributed by atoms with Crippen LogP contribution in [0.3, 0.4) is 0 Å². The standard InChI is InChI=1S/C15H23FN2O/c1-11(19)15-13(16)7-4-8-14(15)18(3)12-6-5-9-17(2)10-12/h4,7-8,11-12,19H,5-6,9-10H2,1-3H3/t11-,12?/m0/s1. The summed E-state index contributed by atoms with van der Waals surface area (Å²) in [7, 11) is 4.10. The van der Waals surface area contributed by atoms with Gasteiger partial charge in [-0.1, -0.05) is 6.07 Å². The molecule has 0 amide bonds. The average molecular weight is 266 g/mol. The van der Waals surface area contributed by atoms with Crippen molar-refractivity contribution in [3.05, 3.63) is 29.6 Å². The fourth-order valence-corrected chi connectivity index (χ4v) is 2.90. The van der Waals surface area contributed by atoms with Gasteiger partial charge in [0.15, 0.2) is 0 Å². The molecule has 106 valence electrons. The third-order valence-corrected chi connectivity index (χ3v) is 3.97. The Labute approximate surface area is 114 Å². The fourth-order valence-electron chi connectivity index (χ4n) is 2.90. The van der Waals surface area contributed by atoms with Gasteiger partial charge in [-0.25, -0.2) is 4.39 Å². The molecule has 0 spiro atoms. The average Bonchev–Trinajstić information content (AvgIpc) is 2.37. The van der Waals surface area contributed by atoms with Crippen LogP contribution in [0.1, 0.15) is 31.4 Å². The first-order valence-electron chi connectivity index (χ1n) is 6.88. The van der Waals surface area contributed by atoms with E-state index >= 15 is 0 Å². The lowest BCUT2D eigenvalue weighted by molar-refractivity contribution is 0.193. The Hall–Kier alpha value is -1.13. The molecule has 4 heteroatoms. The third kappa shape index (κ3) is 3.07. The van der Waals surface area contributed by atoms with Crippen molar-refractivity contribution in [1.29, 1.82) is 0 Å². The van der Waals surface area contributed by atoms with E-state index in [0.717, 1.165) is 31.6 Å². The first-order valence-corrected chi connectivity index (χ1v) is 6.88. The molecular formula is C15H23FN2O. The summed E-state index contributed by atoms with van der Waals surface area (Å²) in [6.07, 6.45) is 1.47. The molecule has 1 aliphatic rings. The summed E-state index contributed by atoms with van der Waals surface area (Å²) in [5, 5.41) is 9.81. The number of halogens is 1. The summed E-state index contributed by atoms with van der Waals surface area (Å²) in [4.78, 5) is 4.41. The van der Waals surface area contributed by atoms with Crippen molar-refractivity contribution < 1.29 is 9.50 Å². The number of hydrogen-bond acceptors (Lipinski definition) is 3. The van der Waals surface area contributed by atoms with Crippen molar-refractivity contribution in [1.82, 2.24) is 4.90 Å². The summed E-state index contributed by atoms with van der Waals surface area (Å²) in [5.74, 6) is -0.330. The molecular weight excluding hydrogens is 243 g/mol. The van der Waals surface area contributed by atoms with Crippen LogP contribution in [0.15, 0.2) is 18.2 Å². The van der Waals surface area contributed by atoms with E-state index in [9.17, 15) is 9.50 Å². The van der Waals surface area contributed by atoms with E-state index in [4.69, 9.17) is 0 Å². The molecule has 1 saturated heterocycles. The van der Waals surface area contributed by atoms with Gasteiger partial charge < -0.3 is 14.9 Å². The van der Waals surface area contributed by atoms with Gasteiger partial charge in [-0.15, -0.1) is 0 Å². The number of rotatable bonds is 3. The molecule has 0 aromatic heterocycles. The van der Waals surface area contributed by atoms with Gasteiger partial charge in [0.1, 0.15) is 5.82 Å². The Kier molecular flexibility index (Phi) is 4.42. The molecule has 2 rings (SSSR count). The molecule has 0 aliphatic carbocycles. The Morgan fingerprint density at radius 1 is 1.47 bits per heavy atom. The molecule has 1 aromatic carbocycles. The Bertz CT molecular complexity index is 436. The minimum Gasteiger partial charge on any atom is -0.389 e. The monoisotopic (exact) mass is 266 g/mol. The van der Waals surface area contributed by atoms with Gasteiger partial charge in [-0.3, -0.25) is 0 Å². The van der Waals surface area contributed by atoms with E-state index in [1.807, 2.05) is 13.1 Å². The molecule has 2 atom stereocenters. The van der Waals surface area contributed by atoms with Crippen LogP contribution in [0.25, 0.3) is 0 Å². The first kappa shape index (κ1) is 14.3. The predicted octanol–water partition coefficient (Wildman–Crippen LogP) is 2.41. The zero-order valence-corrected chi connectivity index (χ0v) is 11.9. The van der Waals surface area contributed by atoms with E-state index in [2.05, 4.69) is 16.8 Å². The van der Waals surface area contributed by atoms with Crippen molar-refractivity contribution in [3.63, 3.8) is 0 Å². The van der Waals surface area contributed by atoms with Crippen molar-refractivity contribution in [3.8, 4) is 0 Å². The molecule has 0 radical (unpaired) electrons. The van der Waals surface area contributed by atoms with E-state index in [1.54, 1.807) is 13.0 Å². The Morgan fingerprint density at radius 2 is 2.21 bits per heavy atom. The topological polar surface area (TPSA) is 26.7 Å². The number of piperidine rings is 1. The number of anilines is 1. The van der Waals surface area contributed by atoms with Crippen LogP contribution in [0.2, 0.25) is 0 Å². The zero-order valence-electron chi connectivity index (χ0n) is 11.9. The third-order valence-electron chi connectivity index (χ3n) is 3.97. The molecule has 1 fully saturated rings. The molecule has 19 heavy (non-hydrogen) atoms. The van der Waals surface area contributed by atoms with Crippen LogP contribution < -0.4 is 4.90 Å². The van der Waals surface area contributed by atoms with Crippen LogP contribution in [0.5, 0.6) is 0 Å². The predicted molar refractivity (Wildman–Crippen MR) is 76.0 cm³/mol. The van der Waals surface area contributed by atoms with Crippen molar-refractivity contribution in [2.45, 2.75) is 31.9 Å². The summed E-state index contributed by atoms with van der Waals surface area (Å²) >= 11 is 0. The highest BCUT2D eigenvalue weighted by Crippen LogP contribution is 2.30. The lowest BCUT2D eigenvalue weighted by atomic mass is 10.0. The summed E-state index contributed by atoms with van der Waals surface area (Å²) < 4.78 is 13.9. The molecule has 3 nitrogen and oxygen atoms in total. The SMILES string of the molecule is C[C@H](O)c1c(F)cccc1N(C)C1CCCN(C)C1. The first-order chi connectivity index (χ1) is 9.00. The lowest BCUT2D eigenvalue weighted by Gasteiger charge is -2.38. The molecule has 1 N–H and O–H groups in total. The number of likely N-dealkylation sites (N-methyl/N-ethyl adjacent to an activating group) is 2. The second kappa shape index (κ2) is 5.88. The number of aliphatic hydroxyl groups excluding tert-OH is 1. The zero-order chi connectivity index (χ0) is 14.0. The summed E-state index contributed by atoms with van der Waals surface area (Å²) in [6, 6.07) is 5.38.